The van der Waals surface area contributed by atoms with Crippen LogP contribution in [0.2, 0.25) is 0 Å². The minimum absolute atomic E-state index is 0.248. The quantitative estimate of drug-likeness (QED) is 0.623. The zero-order valence-corrected chi connectivity index (χ0v) is 9.90. The van der Waals surface area contributed by atoms with E-state index in [1.165, 1.54) is 0 Å². The predicted octanol–water partition coefficient (Wildman–Crippen LogP) is 1.98. The molecule has 1 aliphatic heterocycles. The van der Waals surface area contributed by atoms with E-state index in [-0.39, 0.29) is 11.8 Å². The molecule has 0 aromatic heterocycles. The second kappa shape index (κ2) is 5.10. The molecular formula is C13H16N2O2. The Hall–Kier alpha value is -1.68. The van der Waals surface area contributed by atoms with E-state index in [1.807, 2.05) is 0 Å². The Bertz CT molecular complexity index is 408. The van der Waals surface area contributed by atoms with Crippen molar-refractivity contribution < 1.29 is 9.59 Å². The number of rotatable bonds is 5. The summed E-state index contributed by atoms with van der Waals surface area (Å²) in [6.07, 6.45) is 3.17. The molecule has 0 saturated carbocycles. The smallest absolute Gasteiger partial charge is 0.267 e. The number of amides is 2. The Kier molecular flexibility index (Phi) is 3.54. The van der Waals surface area contributed by atoms with Gasteiger partial charge in [-0.3, -0.25) is 9.59 Å². The summed E-state index contributed by atoms with van der Waals surface area (Å²) >= 11 is 0. The number of hydrogen-bond acceptors (Lipinski definition) is 3. The molecule has 1 aromatic carbocycles. The summed E-state index contributed by atoms with van der Waals surface area (Å²) in [7, 11) is 0. The lowest BCUT2D eigenvalue weighted by Crippen LogP contribution is -2.42. The molecule has 4 nitrogen and oxygen atoms in total. The Balaban J connectivity index is 2.03. The van der Waals surface area contributed by atoms with Crippen LogP contribution in [-0.2, 0) is 0 Å². The van der Waals surface area contributed by atoms with Crippen LogP contribution >= 0.6 is 0 Å². The number of carbonyl (C=O) groups excluding carboxylic acids is 2. The molecule has 1 aromatic rings. The van der Waals surface area contributed by atoms with E-state index in [1.54, 1.807) is 24.3 Å². The zero-order valence-electron chi connectivity index (χ0n) is 9.90. The number of nitrogens with one attached hydrogen (secondary N) is 1. The Morgan fingerprint density at radius 3 is 2.18 bits per heavy atom. The van der Waals surface area contributed by atoms with Crippen LogP contribution in [0.5, 0.6) is 0 Å². The van der Waals surface area contributed by atoms with E-state index < -0.39 is 0 Å². The highest BCUT2D eigenvalue weighted by molar-refractivity contribution is 6.20. The summed E-state index contributed by atoms with van der Waals surface area (Å²) < 4.78 is 0. The van der Waals surface area contributed by atoms with Crippen LogP contribution in [0.1, 0.15) is 46.9 Å². The molecule has 17 heavy (non-hydrogen) atoms. The first-order valence-electron chi connectivity index (χ1n) is 5.97. The van der Waals surface area contributed by atoms with Crippen molar-refractivity contribution in [2.45, 2.75) is 26.2 Å². The van der Waals surface area contributed by atoms with Crippen molar-refractivity contribution in [2.24, 2.45) is 0 Å². The minimum Gasteiger partial charge on any atom is -0.267 e. The highest BCUT2D eigenvalue weighted by Gasteiger charge is 2.34. The minimum atomic E-state index is -0.248. The fourth-order valence-electron chi connectivity index (χ4n) is 1.90. The topological polar surface area (TPSA) is 49.4 Å². The fraction of sp³-hybridized carbons (Fsp3) is 0.385. The number of nitrogens with zero attached hydrogens (tertiary/aromatic N) is 1. The van der Waals surface area contributed by atoms with Crippen molar-refractivity contribution >= 4 is 11.8 Å². The van der Waals surface area contributed by atoms with Gasteiger partial charge < -0.3 is 0 Å². The maximum absolute atomic E-state index is 11.9. The van der Waals surface area contributed by atoms with Crippen LogP contribution in [0.15, 0.2) is 24.3 Å². The lowest BCUT2D eigenvalue weighted by Gasteiger charge is -2.14. The summed E-state index contributed by atoms with van der Waals surface area (Å²) in [6, 6.07) is 6.90. The molecule has 0 fully saturated rings. The van der Waals surface area contributed by atoms with Gasteiger partial charge >= 0.3 is 0 Å². The number of hydrazine groups is 1. The Morgan fingerprint density at radius 1 is 1.06 bits per heavy atom. The molecule has 90 valence electrons. The number of hydrogen-bond donors (Lipinski definition) is 1. The summed E-state index contributed by atoms with van der Waals surface area (Å²) in [5.41, 5.74) is 3.87. The van der Waals surface area contributed by atoms with E-state index in [0.29, 0.717) is 17.7 Å². The molecule has 0 spiro atoms. The number of benzene rings is 1. The maximum atomic E-state index is 11.9. The van der Waals surface area contributed by atoms with Gasteiger partial charge in [-0.15, -0.1) is 0 Å². The van der Waals surface area contributed by atoms with Gasteiger partial charge in [0, 0.05) is 6.54 Å². The van der Waals surface area contributed by atoms with Crippen LogP contribution in [-0.4, -0.2) is 23.4 Å². The highest BCUT2D eigenvalue weighted by Crippen LogP contribution is 2.20. The Labute approximate surface area is 101 Å². The SMILES string of the molecule is CCCCCNN1C(=O)c2ccccc2C1=O. The monoisotopic (exact) mass is 232 g/mol. The summed E-state index contributed by atoms with van der Waals surface area (Å²) in [5.74, 6) is -0.496. The first-order chi connectivity index (χ1) is 8.25. The van der Waals surface area contributed by atoms with Gasteiger partial charge in [0.1, 0.15) is 0 Å². The van der Waals surface area contributed by atoms with Gasteiger partial charge in [0.15, 0.2) is 0 Å². The van der Waals surface area contributed by atoms with E-state index in [0.717, 1.165) is 24.3 Å². The van der Waals surface area contributed by atoms with Crippen LogP contribution in [0.25, 0.3) is 0 Å². The summed E-state index contributed by atoms with van der Waals surface area (Å²) in [6.45, 7) is 2.77. The van der Waals surface area contributed by atoms with Gasteiger partial charge in [0.05, 0.1) is 11.1 Å². The molecular weight excluding hydrogens is 216 g/mol. The molecule has 0 radical (unpaired) electrons. The molecule has 2 rings (SSSR count). The lowest BCUT2D eigenvalue weighted by molar-refractivity contribution is 0.0566. The Morgan fingerprint density at radius 2 is 1.65 bits per heavy atom. The van der Waals surface area contributed by atoms with Crippen LogP contribution in [0, 0.1) is 0 Å². The van der Waals surface area contributed by atoms with Crippen LogP contribution in [0.3, 0.4) is 0 Å². The van der Waals surface area contributed by atoms with Gasteiger partial charge in [-0.1, -0.05) is 31.9 Å². The van der Waals surface area contributed by atoms with Gasteiger partial charge in [0.2, 0.25) is 0 Å². The summed E-state index contributed by atoms with van der Waals surface area (Å²) in [4.78, 5) is 23.8. The number of fused-ring (bicyclic) bond motifs is 1. The van der Waals surface area contributed by atoms with Crippen molar-refractivity contribution in [1.82, 2.24) is 10.4 Å². The number of carbonyl (C=O) groups is 2. The van der Waals surface area contributed by atoms with Crippen molar-refractivity contribution in [3.63, 3.8) is 0 Å². The average molecular weight is 232 g/mol. The van der Waals surface area contributed by atoms with E-state index in [9.17, 15) is 9.59 Å². The fourth-order valence-corrected chi connectivity index (χ4v) is 1.90. The molecule has 4 heteroatoms. The predicted molar refractivity (Wildman–Crippen MR) is 64.5 cm³/mol. The van der Waals surface area contributed by atoms with Crippen LogP contribution in [0.4, 0.5) is 0 Å². The number of imide groups is 1. The lowest BCUT2D eigenvalue weighted by atomic mass is 10.1. The normalized spacial score (nSPS) is 14.3. The first-order valence-corrected chi connectivity index (χ1v) is 5.97. The highest BCUT2D eigenvalue weighted by atomic mass is 16.2. The van der Waals surface area contributed by atoms with Crippen molar-refractivity contribution in [3.8, 4) is 0 Å². The van der Waals surface area contributed by atoms with Gasteiger partial charge in [-0.05, 0) is 18.6 Å². The molecule has 0 atom stereocenters. The average Bonchev–Trinajstić information content (AvgIpc) is 2.60. The van der Waals surface area contributed by atoms with Crippen molar-refractivity contribution in [2.75, 3.05) is 6.54 Å². The first kappa shape index (κ1) is 11.8. The van der Waals surface area contributed by atoms with Crippen LogP contribution < -0.4 is 5.43 Å². The number of unbranched alkanes of at least 4 members (excludes halogenated alkanes) is 2. The summed E-state index contributed by atoms with van der Waals surface area (Å²) in [5, 5.41) is 1.13. The van der Waals surface area contributed by atoms with Gasteiger partial charge in [-0.25, -0.2) is 10.4 Å². The molecule has 0 bridgehead atoms. The van der Waals surface area contributed by atoms with Gasteiger partial charge in [0.25, 0.3) is 11.8 Å². The molecule has 0 unspecified atom stereocenters. The second-order valence-electron chi connectivity index (χ2n) is 4.11. The molecule has 1 aliphatic rings. The van der Waals surface area contributed by atoms with E-state index in [2.05, 4.69) is 12.3 Å². The molecule has 2 amide bonds. The largest absolute Gasteiger partial charge is 0.276 e. The molecule has 1 N–H and O–H groups in total. The third-order valence-electron chi connectivity index (χ3n) is 2.84. The van der Waals surface area contributed by atoms with Crippen molar-refractivity contribution in [1.29, 1.82) is 0 Å². The van der Waals surface area contributed by atoms with E-state index >= 15 is 0 Å². The molecule has 0 aliphatic carbocycles. The molecule has 1 heterocycles. The van der Waals surface area contributed by atoms with Crippen molar-refractivity contribution in [3.05, 3.63) is 35.4 Å². The van der Waals surface area contributed by atoms with E-state index in [4.69, 9.17) is 0 Å². The third-order valence-corrected chi connectivity index (χ3v) is 2.84. The third kappa shape index (κ3) is 2.22. The van der Waals surface area contributed by atoms with Gasteiger partial charge in [-0.2, -0.15) is 0 Å². The molecule has 0 saturated heterocycles. The maximum Gasteiger partial charge on any atom is 0.276 e. The zero-order chi connectivity index (χ0) is 12.3. The standard InChI is InChI=1S/C13H16N2O2/c1-2-3-6-9-14-15-12(16)10-7-4-5-8-11(10)13(15)17/h4-5,7-8,14H,2-3,6,9H2,1H3. The second-order valence-corrected chi connectivity index (χ2v) is 4.11.